The third-order valence-electron chi connectivity index (χ3n) is 4.05. The Morgan fingerprint density at radius 3 is 2.80 bits per heavy atom. The van der Waals surface area contributed by atoms with E-state index in [1.165, 1.54) is 11.3 Å². The Labute approximate surface area is 149 Å². The van der Waals surface area contributed by atoms with Gasteiger partial charge in [-0.05, 0) is 11.6 Å². The number of hydrogen-bond donors (Lipinski definition) is 2. The molecule has 5 nitrogen and oxygen atoms in total. The Morgan fingerprint density at radius 1 is 1.12 bits per heavy atom. The van der Waals surface area contributed by atoms with E-state index in [9.17, 15) is 4.79 Å². The molecule has 0 spiro atoms. The fourth-order valence-electron chi connectivity index (χ4n) is 2.85. The lowest BCUT2D eigenvalue weighted by molar-refractivity contribution is 0.232. The second-order valence-electron chi connectivity index (χ2n) is 5.72. The number of rotatable bonds is 3. The number of urea groups is 1. The second kappa shape index (κ2) is 6.94. The zero-order valence-electron chi connectivity index (χ0n) is 13.4. The van der Waals surface area contributed by atoms with Gasteiger partial charge in [-0.15, -0.1) is 0 Å². The lowest BCUT2D eigenvalue weighted by Crippen LogP contribution is -2.35. The first-order valence-corrected chi connectivity index (χ1v) is 8.92. The van der Waals surface area contributed by atoms with Gasteiger partial charge in [0.1, 0.15) is 5.75 Å². The maximum absolute atomic E-state index is 12.3. The van der Waals surface area contributed by atoms with Crippen LogP contribution >= 0.6 is 11.3 Å². The lowest BCUT2D eigenvalue weighted by Gasteiger charge is -2.26. The molecule has 3 aromatic rings. The summed E-state index contributed by atoms with van der Waals surface area (Å²) >= 11 is 1.45. The largest absolute Gasteiger partial charge is 0.493 e. The summed E-state index contributed by atoms with van der Waals surface area (Å²) < 4.78 is 5.62. The summed E-state index contributed by atoms with van der Waals surface area (Å²) in [5.74, 6) is 0.833. The number of para-hydroxylation sites is 1. The SMILES string of the molecule is O=C(Nc1ncc(-c2ccccc2)s1)NC1CCOc2ccccc21. The van der Waals surface area contributed by atoms with Crippen molar-refractivity contribution in [1.29, 1.82) is 0 Å². The van der Waals surface area contributed by atoms with Crippen molar-refractivity contribution in [2.24, 2.45) is 0 Å². The van der Waals surface area contributed by atoms with E-state index >= 15 is 0 Å². The van der Waals surface area contributed by atoms with Gasteiger partial charge in [0.2, 0.25) is 0 Å². The molecule has 0 radical (unpaired) electrons. The van der Waals surface area contributed by atoms with E-state index in [2.05, 4.69) is 15.6 Å². The van der Waals surface area contributed by atoms with Crippen molar-refractivity contribution >= 4 is 22.5 Å². The van der Waals surface area contributed by atoms with Crippen LogP contribution in [0.25, 0.3) is 10.4 Å². The quantitative estimate of drug-likeness (QED) is 0.732. The minimum absolute atomic E-state index is 0.0569. The van der Waals surface area contributed by atoms with E-state index in [1.54, 1.807) is 6.20 Å². The molecular formula is C19H17N3O2S. The van der Waals surface area contributed by atoms with Gasteiger partial charge in [-0.25, -0.2) is 9.78 Å². The van der Waals surface area contributed by atoms with Crippen LogP contribution in [-0.2, 0) is 0 Å². The maximum Gasteiger partial charge on any atom is 0.321 e. The average molecular weight is 351 g/mol. The molecule has 2 aromatic carbocycles. The minimum Gasteiger partial charge on any atom is -0.493 e. The molecule has 1 aliphatic rings. The molecule has 0 fully saturated rings. The minimum atomic E-state index is -0.254. The van der Waals surface area contributed by atoms with E-state index < -0.39 is 0 Å². The van der Waals surface area contributed by atoms with E-state index in [1.807, 2.05) is 54.6 Å². The van der Waals surface area contributed by atoms with Gasteiger partial charge in [-0.3, -0.25) is 5.32 Å². The molecule has 25 heavy (non-hydrogen) atoms. The second-order valence-corrected chi connectivity index (χ2v) is 6.75. The molecule has 126 valence electrons. The monoisotopic (exact) mass is 351 g/mol. The van der Waals surface area contributed by atoms with Crippen molar-refractivity contribution < 1.29 is 9.53 Å². The summed E-state index contributed by atoms with van der Waals surface area (Å²) in [6.45, 7) is 0.595. The van der Waals surface area contributed by atoms with Crippen LogP contribution in [0.4, 0.5) is 9.93 Å². The van der Waals surface area contributed by atoms with E-state index in [0.717, 1.165) is 28.2 Å². The molecule has 4 rings (SSSR count). The zero-order valence-corrected chi connectivity index (χ0v) is 14.3. The number of fused-ring (bicyclic) bond motifs is 1. The molecule has 2 N–H and O–H groups in total. The van der Waals surface area contributed by atoms with Gasteiger partial charge in [-0.1, -0.05) is 59.9 Å². The molecule has 0 saturated heterocycles. The van der Waals surface area contributed by atoms with Gasteiger partial charge in [0.15, 0.2) is 5.13 Å². The highest BCUT2D eigenvalue weighted by Crippen LogP contribution is 2.32. The number of nitrogens with one attached hydrogen (secondary N) is 2. The summed E-state index contributed by atoms with van der Waals surface area (Å²) in [6, 6.07) is 17.5. The van der Waals surface area contributed by atoms with E-state index in [0.29, 0.717) is 11.7 Å². The van der Waals surface area contributed by atoms with Crippen LogP contribution in [0.15, 0.2) is 60.8 Å². The molecule has 1 aliphatic heterocycles. The highest BCUT2D eigenvalue weighted by Gasteiger charge is 2.22. The number of thiazole rings is 1. The van der Waals surface area contributed by atoms with Gasteiger partial charge in [0, 0.05) is 18.2 Å². The van der Waals surface area contributed by atoms with Gasteiger partial charge in [0.05, 0.1) is 17.5 Å². The molecule has 1 atom stereocenters. The number of carbonyl (C=O) groups is 1. The van der Waals surface area contributed by atoms with Crippen LogP contribution in [-0.4, -0.2) is 17.6 Å². The highest BCUT2D eigenvalue weighted by atomic mass is 32.1. The van der Waals surface area contributed by atoms with Crippen molar-refractivity contribution in [3.05, 3.63) is 66.4 Å². The molecule has 2 amide bonds. The molecule has 2 heterocycles. The van der Waals surface area contributed by atoms with Crippen LogP contribution in [0.1, 0.15) is 18.0 Å². The number of nitrogens with zero attached hydrogens (tertiary/aromatic N) is 1. The number of anilines is 1. The Kier molecular flexibility index (Phi) is 4.35. The van der Waals surface area contributed by atoms with Crippen LogP contribution in [0.3, 0.4) is 0 Å². The van der Waals surface area contributed by atoms with Crippen molar-refractivity contribution in [1.82, 2.24) is 10.3 Å². The topological polar surface area (TPSA) is 63.2 Å². The molecule has 6 heteroatoms. The Bertz CT molecular complexity index is 879. The van der Waals surface area contributed by atoms with Crippen molar-refractivity contribution in [2.45, 2.75) is 12.5 Å². The molecule has 1 unspecified atom stereocenters. The predicted octanol–water partition coefficient (Wildman–Crippen LogP) is 4.46. The highest BCUT2D eigenvalue weighted by molar-refractivity contribution is 7.19. The fourth-order valence-corrected chi connectivity index (χ4v) is 3.67. The van der Waals surface area contributed by atoms with Crippen LogP contribution in [0.5, 0.6) is 5.75 Å². The zero-order chi connectivity index (χ0) is 17.1. The number of carbonyl (C=O) groups excluding carboxylic acids is 1. The van der Waals surface area contributed by atoms with Crippen LogP contribution < -0.4 is 15.4 Å². The van der Waals surface area contributed by atoms with Crippen LogP contribution in [0.2, 0.25) is 0 Å². The third-order valence-corrected chi connectivity index (χ3v) is 5.01. The van der Waals surface area contributed by atoms with Gasteiger partial charge in [0.25, 0.3) is 0 Å². The van der Waals surface area contributed by atoms with Gasteiger partial charge in [-0.2, -0.15) is 0 Å². The number of aromatic nitrogens is 1. The smallest absolute Gasteiger partial charge is 0.321 e. The third kappa shape index (κ3) is 3.49. The van der Waals surface area contributed by atoms with E-state index in [-0.39, 0.29) is 12.1 Å². The first-order valence-electron chi connectivity index (χ1n) is 8.10. The molecule has 0 saturated carbocycles. The van der Waals surface area contributed by atoms with Crippen LogP contribution in [0, 0.1) is 0 Å². The average Bonchev–Trinajstić information content (AvgIpc) is 3.11. The Morgan fingerprint density at radius 2 is 1.92 bits per heavy atom. The molecule has 1 aromatic heterocycles. The lowest BCUT2D eigenvalue weighted by atomic mass is 10.0. The summed E-state index contributed by atoms with van der Waals surface area (Å²) in [7, 11) is 0. The van der Waals surface area contributed by atoms with Gasteiger partial charge >= 0.3 is 6.03 Å². The summed E-state index contributed by atoms with van der Waals surface area (Å²) in [4.78, 5) is 17.7. The Hall–Kier alpha value is -2.86. The molecule has 0 bridgehead atoms. The number of ether oxygens (including phenoxy) is 1. The number of benzene rings is 2. The fraction of sp³-hybridized carbons (Fsp3) is 0.158. The standard InChI is InChI=1S/C19H17N3O2S/c23-18(21-15-10-11-24-16-9-5-4-8-14(15)16)22-19-20-12-17(25-19)13-6-2-1-3-7-13/h1-9,12,15H,10-11H2,(H2,20,21,22,23). The molecular weight excluding hydrogens is 334 g/mol. The first kappa shape index (κ1) is 15.7. The summed E-state index contributed by atoms with van der Waals surface area (Å²) in [6.07, 6.45) is 2.52. The normalized spacial score (nSPS) is 15.8. The first-order chi connectivity index (χ1) is 12.3. The number of amides is 2. The number of hydrogen-bond acceptors (Lipinski definition) is 4. The summed E-state index contributed by atoms with van der Waals surface area (Å²) in [5, 5.41) is 6.42. The van der Waals surface area contributed by atoms with Crippen molar-refractivity contribution in [3.63, 3.8) is 0 Å². The van der Waals surface area contributed by atoms with E-state index in [4.69, 9.17) is 4.74 Å². The Balaban J connectivity index is 1.43. The van der Waals surface area contributed by atoms with Gasteiger partial charge < -0.3 is 10.1 Å². The predicted molar refractivity (Wildman–Crippen MR) is 99.0 cm³/mol. The maximum atomic E-state index is 12.3. The van der Waals surface area contributed by atoms with Crippen molar-refractivity contribution in [2.75, 3.05) is 11.9 Å². The molecule has 0 aliphatic carbocycles. The van der Waals surface area contributed by atoms with Crippen molar-refractivity contribution in [3.8, 4) is 16.2 Å². The summed E-state index contributed by atoms with van der Waals surface area (Å²) in [5.41, 5.74) is 2.10.